The first kappa shape index (κ1) is 14.9. The van der Waals surface area contributed by atoms with E-state index in [1.54, 1.807) is 7.11 Å². The molecule has 1 aromatic carbocycles. The molecule has 0 spiro atoms. The molecular weight excluding hydrogens is 284 g/mol. The van der Waals surface area contributed by atoms with Crippen molar-refractivity contribution < 1.29 is 23.8 Å². The smallest absolute Gasteiger partial charge is 0.348 e. The summed E-state index contributed by atoms with van der Waals surface area (Å²) in [6.07, 6.45) is -0.0370. The average molecular weight is 304 g/mol. The van der Waals surface area contributed by atoms with Gasteiger partial charge >= 0.3 is 11.9 Å². The van der Waals surface area contributed by atoms with E-state index in [2.05, 4.69) is 0 Å². The van der Waals surface area contributed by atoms with Gasteiger partial charge in [-0.2, -0.15) is 0 Å². The Hall–Kier alpha value is -2.04. The zero-order valence-electron chi connectivity index (χ0n) is 13.0. The molecule has 5 heteroatoms. The Labute approximate surface area is 129 Å². The van der Waals surface area contributed by atoms with Gasteiger partial charge in [0.15, 0.2) is 0 Å². The number of rotatable bonds is 4. The molecule has 22 heavy (non-hydrogen) atoms. The molecule has 3 rings (SSSR count). The number of carbonyl (C=O) groups is 2. The van der Waals surface area contributed by atoms with Gasteiger partial charge in [-0.05, 0) is 30.0 Å². The molecule has 1 aliphatic heterocycles. The quantitative estimate of drug-likeness (QED) is 0.799. The van der Waals surface area contributed by atoms with Crippen LogP contribution in [0.2, 0.25) is 0 Å². The molecule has 1 saturated heterocycles. The number of carbonyl (C=O) groups excluding carboxylic acids is 2. The van der Waals surface area contributed by atoms with E-state index in [1.165, 1.54) is 0 Å². The molecule has 0 unspecified atom stereocenters. The summed E-state index contributed by atoms with van der Waals surface area (Å²) >= 11 is 0. The summed E-state index contributed by atoms with van der Waals surface area (Å²) < 4.78 is 15.5. The normalized spacial score (nSPS) is 28.9. The zero-order valence-corrected chi connectivity index (χ0v) is 13.0. The highest BCUT2D eigenvalue weighted by Gasteiger charge is 2.51. The Morgan fingerprint density at radius 3 is 2.50 bits per heavy atom. The summed E-state index contributed by atoms with van der Waals surface area (Å²) in [5.41, 5.74) is 0.632. The third-order valence-corrected chi connectivity index (χ3v) is 4.38. The van der Waals surface area contributed by atoms with Crippen molar-refractivity contribution in [3.05, 3.63) is 29.8 Å². The van der Waals surface area contributed by atoms with Crippen LogP contribution in [0.15, 0.2) is 24.3 Å². The van der Waals surface area contributed by atoms with Gasteiger partial charge in [0.2, 0.25) is 6.10 Å². The van der Waals surface area contributed by atoms with Crippen molar-refractivity contribution in [3.8, 4) is 5.75 Å². The number of esters is 2. The molecule has 2 aliphatic rings. The van der Waals surface area contributed by atoms with Crippen LogP contribution in [0.3, 0.4) is 0 Å². The Balaban J connectivity index is 1.62. The average Bonchev–Trinajstić information content (AvgIpc) is 3.26. The van der Waals surface area contributed by atoms with Crippen LogP contribution in [0.4, 0.5) is 0 Å². The minimum atomic E-state index is -0.794. The zero-order chi connectivity index (χ0) is 15.9. The number of cyclic esters (lactones) is 1. The van der Waals surface area contributed by atoms with Crippen LogP contribution < -0.4 is 4.74 Å². The first-order chi connectivity index (χ1) is 10.4. The summed E-state index contributed by atoms with van der Waals surface area (Å²) in [5, 5.41) is 0. The second kappa shape index (κ2) is 5.30. The Morgan fingerprint density at radius 2 is 1.95 bits per heavy atom. The molecule has 1 aliphatic carbocycles. The van der Waals surface area contributed by atoms with Gasteiger partial charge in [0.25, 0.3) is 0 Å². The van der Waals surface area contributed by atoms with Crippen LogP contribution >= 0.6 is 0 Å². The SMILES string of the molecule is COc1ccc([C@H]2C[C@H]2C(=O)O[C@H]2C(=O)OCC2(C)C)cc1. The molecule has 0 N–H and O–H groups in total. The first-order valence-electron chi connectivity index (χ1n) is 7.43. The molecule has 3 atom stereocenters. The van der Waals surface area contributed by atoms with E-state index in [4.69, 9.17) is 14.2 Å². The number of ether oxygens (including phenoxy) is 3. The fourth-order valence-corrected chi connectivity index (χ4v) is 2.81. The molecule has 0 radical (unpaired) electrons. The maximum atomic E-state index is 12.2. The summed E-state index contributed by atoms with van der Waals surface area (Å²) in [6.45, 7) is 4.02. The standard InChI is InChI=1S/C17H20O5/c1-17(2)9-21-16(19)14(17)22-15(18)13-8-12(13)10-4-6-11(20-3)7-5-10/h4-7,12-14H,8-9H2,1-3H3/t12-,13-,14+/m1/s1. The molecular formula is C17H20O5. The first-order valence-corrected chi connectivity index (χ1v) is 7.43. The minimum absolute atomic E-state index is 0.166. The van der Waals surface area contributed by atoms with Gasteiger partial charge in [-0.3, -0.25) is 4.79 Å². The van der Waals surface area contributed by atoms with Gasteiger partial charge in [0.1, 0.15) is 12.4 Å². The van der Waals surface area contributed by atoms with Crippen LogP contribution in [0.25, 0.3) is 0 Å². The number of methoxy groups -OCH3 is 1. The summed E-state index contributed by atoms with van der Waals surface area (Å²) in [7, 11) is 1.62. The van der Waals surface area contributed by atoms with Crippen LogP contribution in [-0.2, 0) is 19.1 Å². The van der Waals surface area contributed by atoms with Gasteiger partial charge in [-0.25, -0.2) is 4.79 Å². The lowest BCUT2D eigenvalue weighted by molar-refractivity contribution is -0.164. The van der Waals surface area contributed by atoms with E-state index in [1.807, 2.05) is 38.1 Å². The lowest BCUT2D eigenvalue weighted by atomic mass is 9.90. The van der Waals surface area contributed by atoms with Crippen molar-refractivity contribution in [1.29, 1.82) is 0 Å². The lowest BCUT2D eigenvalue weighted by Crippen LogP contribution is -2.35. The number of benzene rings is 1. The Morgan fingerprint density at radius 1 is 1.27 bits per heavy atom. The van der Waals surface area contributed by atoms with Gasteiger partial charge in [-0.1, -0.05) is 26.0 Å². The minimum Gasteiger partial charge on any atom is -0.497 e. The third kappa shape index (κ3) is 2.67. The van der Waals surface area contributed by atoms with Gasteiger partial charge in [-0.15, -0.1) is 0 Å². The van der Waals surface area contributed by atoms with Crippen LogP contribution in [-0.4, -0.2) is 31.8 Å². The van der Waals surface area contributed by atoms with Crippen molar-refractivity contribution >= 4 is 11.9 Å². The van der Waals surface area contributed by atoms with Crippen molar-refractivity contribution in [3.63, 3.8) is 0 Å². The Kier molecular flexibility index (Phi) is 3.59. The molecule has 2 fully saturated rings. The number of hydrogen-bond acceptors (Lipinski definition) is 5. The van der Waals surface area contributed by atoms with Crippen LogP contribution in [0.1, 0.15) is 31.7 Å². The van der Waals surface area contributed by atoms with E-state index in [0.29, 0.717) is 0 Å². The predicted molar refractivity (Wildman–Crippen MR) is 78.5 cm³/mol. The number of hydrogen-bond donors (Lipinski definition) is 0. The van der Waals surface area contributed by atoms with E-state index < -0.39 is 17.5 Å². The summed E-state index contributed by atoms with van der Waals surface area (Å²) in [6, 6.07) is 7.69. The molecule has 1 heterocycles. The van der Waals surface area contributed by atoms with Crippen molar-refractivity contribution in [1.82, 2.24) is 0 Å². The maximum Gasteiger partial charge on any atom is 0.348 e. The highest BCUT2D eigenvalue weighted by atomic mass is 16.6. The predicted octanol–water partition coefficient (Wildman–Crippen LogP) is 2.29. The molecule has 1 saturated carbocycles. The van der Waals surface area contributed by atoms with Crippen molar-refractivity contribution in [2.75, 3.05) is 13.7 Å². The van der Waals surface area contributed by atoms with Crippen molar-refractivity contribution in [2.45, 2.75) is 32.3 Å². The second-order valence-electron chi connectivity index (χ2n) is 6.64. The maximum absolute atomic E-state index is 12.2. The molecule has 0 amide bonds. The highest BCUT2D eigenvalue weighted by Crippen LogP contribution is 2.49. The van der Waals surface area contributed by atoms with Gasteiger partial charge < -0.3 is 14.2 Å². The largest absolute Gasteiger partial charge is 0.497 e. The van der Waals surface area contributed by atoms with Gasteiger partial charge in [0.05, 0.1) is 13.0 Å². The third-order valence-electron chi connectivity index (χ3n) is 4.38. The van der Waals surface area contributed by atoms with E-state index in [-0.39, 0.29) is 24.4 Å². The summed E-state index contributed by atoms with van der Waals surface area (Å²) in [5.74, 6) is 0.0354. The molecule has 1 aromatic rings. The van der Waals surface area contributed by atoms with Crippen LogP contribution in [0, 0.1) is 11.3 Å². The van der Waals surface area contributed by atoms with Crippen molar-refractivity contribution in [2.24, 2.45) is 11.3 Å². The van der Waals surface area contributed by atoms with E-state index in [9.17, 15) is 9.59 Å². The molecule has 0 aromatic heterocycles. The fraction of sp³-hybridized carbons (Fsp3) is 0.529. The summed E-state index contributed by atoms with van der Waals surface area (Å²) in [4.78, 5) is 23.9. The fourth-order valence-electron chi connectivity index (χ4n) is 2.81. The molecule has 0 bridgehead atoms. The van der Waals surface area contributed by atoms with E-state index in [0.717, 1.165) is 17.7 Å². The van der Waals surface area contributed by atoms with Crippen LogP contribution in [0.5, 0.6) is 5.75 Å². The topological polar surface area (TPSA) is 61.8 Å². The second-order valence-corrected chi connectivity index (χ2v) is 6.64. The highest BCUT2D eigenvalue weighted by molar-refractivity contribution is 5.84. The Bertz CT molecular complexity index is 590. The lowest BCUT2D eigenvalue weighted by Gasteiger charge is -2.21. The molecule has 5 nitrogen and oxygen atoms in total. The molecule has 118 valence electrons. The van der Waals surface area contributed by atoms with Gasteiger partial charge in [0, 0.05) is 5.41 Å². The monoisotopic (exact) mass is 304 g/mol. The van der Waals surface area contributed by atoms with E-state index >= 15 is 0 Å².